The number of allylic oxidation sites excluding steroid dienone is 1. The average Bonchev–Trinajstić information content (AvgIpc) is 2.92. The van der Waals surface area contributed by atoms with Crippen LogP contribution in [0.3, 0.4) is 0 Å². The molecule has 0 aliphatic carbocycles. The standard InChI is InChI=1S/C15H22N4O2/c1-4-21-15(20)13-8-17-19(10-13)11-14-9-16-7-5-6-12(2)18(14)3/h5,7-10,12,16H,4,6,11H2,1-3H3/b7-5-,14-9-. The van der Waals surface area contributed by atoms with Crippen molar-refractivity contribution in [2.24, 2.45) is 0 Å². The van der Waals surface area contributed by atoms with Gasteiger partial charge in [0.2, 0.25) is 0 Å². The Bertz CT molecular complexity index is 548. The summed E-state index contributed by atoms with van der Waals surface area (Å²) in [5.74, 6) is -0.335. The van der Waals surface area contributed by atoms with Gasteiger partial charge in [-0.3, -0.25) is 4.68 Å². The van der Waals surface area contributed by atoms with Gasteiger partial charge < -0.3 is 15.0 Å². The number of nitrogens with one attached hydrogen (secondary N) is 1. The number of esters is 1. The van der Waals surface area contributed by atoms with Crippen LogP contribution in [0.2, 0.25) is 0 Å². The number of likely N-dealkylation sites (N-methyl/N-ethyl adjacent to an activating group) is 1. The maximum absolute atomic E-state index is 11.6. The fourth-order valence-corrected chi connectivity index (χ4v) is 2.11. The van der Waals surface area contributed by atoms with Gasteiger partial charge in [-0.15, -0.1) is 0 Å². The topological polar surface area (TPSA) is 59.4 Å². The maximum Gasteiger partial charge on any atom is 0.341 e. The van der Waals surface area contributed by atoms with Gasteiger partial charge >= 0.3 is 5.97 Å². The molecule has 0 fully saturated rings. The van der Waals surface area contributed by atoms with Crippen molar-refractivity contribution < 1.29 is 9.53 Å². The fraction of sp³-hybridized carbons (Fsp3) is 0.467. The first-order chi connectivity index (χ1) is 10.1. The zero-order valence-electron chi connectivity index (χ0n) is 12.7. The number of rotatable bonds is 4. The van der Waals surface area contributed by atoms with Gasteiger partial charge in [-0.1, -0.05) is 6.08 Å². The molecule has 1 aromatic rings. The summed E-state index contributed by atoms with van der Waals surface area (Å²) in [4.78, 5) is 13.9. The van der Waals surface area contributed by atoms with Crippen molar-refractivity contribution in [2.45, 2.75) is 32.9 Å². The molecule has 114 valence electrons. The minimum atomic E-state index is -0.335. The number of carbonyl (C=O) groups is 1. The first-order valence-corrected chi connectivity index (χ1v) is 7.14. The quantitative estimate of drug-likeness (QED) is 0.856. The van der Waals surface area contributed by atoms with Crippen molar-refractivity contribution in [3.05, 3.63) is 42.1 Å². The Kier molecular flexibility index (Phi) is 5.03. The van der Waals surface area contributed by atoms with Gasteiger partial charge in [0.25, 0.3) is 0 Å². The van der Waals surface area contributed by atoms with Crippen LogP contribution in [0.15, 0.2) is 36.6 Å². The van der Waals surface area contributed by atoms with E-state index in [1.807, 2.05) is 12.4 Å². The highest BCUT2D eigenvalue weighted by Gasteiger charge is 2.15. The van der Waals surface area contributed by atoms with Gasteiger partial charge in [0, 0.05) is 25.5 Å². The Morgan fingerprint density at radius 2 is 2.38 bits per heavy atom. The van der Waals surface area contributed by atoms with Crippen LogP contribution in [-0.2, 0) is 11.3 Å². The highest BCUT2D eigenvalue weighted by atomic mass is 16.5. The second-order valence-corrected chi connectivity index (χ2v) is 5.05. The molecule has 0 aromatic carbocycles. The molecule has 6 nitrogen and oxygen atoms in total. The van der Waals surface area contributed by atoms with E-state index in [2.05, 4.69) is 35.4 Å². The lowest BCUT2D eigenvalue weighted by atomic mass is 10.2. The molecule has 21 heavy (non-hydrogen) atoms. The van der Waals surface area contributed by atoms with Crippen LogP contribution >= 0.6 is 0 Å². The Morgan fingerprint density at radius 1 is 1.57 bits per heavy atom. The van der Waals surface area contributed by atoms with E-state index in [9.17, 15) is 4.79 Å². The van der Waals surface area contributed by atoms with Crippen molar-refractivity contribution >= 4 is 5.97 Å². The van der Waals surface area contributed by atoms with E-state index in [1.54, 1.807) is 17.8 Å². The van der Waals surface area contributed by atoms with Crippen LogP contribution in [0.4, 0.5) is 0 Å². The van der Waals surface area contributed by atoms with E-state index in [-0.39, 0.29) is 5.97 Å². The molecule has 2 heterocycles. The number of carbonyl (C=O) groups excluding carboxylic acids is 1. The van der Waals surface area contributed by atoms with Crippen molar-refractivity contribution in [3.8, 4) is 0 Å². The molecule has 0 radical (unpaired) electrons. The van der Waals surface area contributed by atoms with Crippen molar-refractivity contribution in [3.63, 3.8) is 0 Å². The summed E-state index contributed by atoms with van der Waals surface area (Å²) in [5, 5.41) is 7.37. The minimum absolute atomic E-state index is 0.335. The molecule has 0 amide bonds. The SMILES string of the molecule is CCOC(=O)c1cnn(C/C2=C/N/C=C\CC(C)N2C)c1. The molecule has 1 aliphatic rings. The van der Waals surface area contributed by atoms with Gasteiger partial charge in [-0.25, -0.2) is 4.79 Å². The summed E-state index contributed by atoms with van der Waals surface area (Å²) >= 11 is 0. The van der Waals surface area contributed by atoms with E-state index >= 15 is 0 Å². The van der Waals surface area contributed by atoms with Gasteiger partial charge in [0.1, 0.15) is 0 Å². The summed E-state index contributed by atoms with van der Waals surface area (Å²) < 4.78 is 6.71. The Labute approximate surface area is 125 Å². The van der Waals surface area contributed by atoms with Crippen LogP contribution in [0, 0.1) is 0 Å². The zero-order chi connectivity index (χ0) is 15.2. The van der Waals surface area contributed by atoms with Crippen molar-refractivity contribution in [2.75, 3.05) is 13.7 Å². The minimum Gasteiger partial charge on any atom is -0.462 e. The zero-order valence-corrected chi connectivity index (χ0v) is 12.7. The van der Waals surface area contributed by atoms with Crippen LogP contribution < -0.4 is 5.32 Å². The third kappa shape index (κ3) is 3.87. The van der Waals surface area contributed by atoms with Crippen LogP contribution in [-0.4, -0.2) is 40.3 Å². The van der Waals surface area contributed by atoms with Gasteiger partial charge in [-0.05, 0) is 26.5 Å². The average molecular weight is 290 g/mol. The normalized spacial score (nSPS) is 22.5. The predicted octanol–water partition coefficient (Wildman–Crippen LogP) is 1.73. The number of aromatic nitrogens is 2. The van der Waals surface area contributed by atoms with E-state index in [1.165, 1.54) is 6.20 Å². The largest absolute Gasteiger partial charge is 0.462 e. The number of hydrogen-bond donors (Lipinski definition) is 1. The molecule has 6 heteroatoms. The van der Waals surface area contributed by atoms with E-state index in [4.69, 9.17) is 4.74 Å². The Balaban J connectivity index is 2.09. The van der Waals surface area contributed by atoms with Crippen LogP contribution in [0.1, 0.15) is 30.6 Å². The first-order valence-electron chi connectivity index (χ1n) is 7.14. The third-order valence-corrected chi connectivity index (χ3v) is 3.52. The van der Waals surface area contributed by atoms with E-state index < -0.39 is 0 Å². The molecule has 1 aliphatic heterocycles. The molecule has 0 bridgehead atoms. The van der Waals surface area contributed by atoms with Crippen LogP contribution in [0.5, 0.6) is 0 Å². The maximum atomic E-state index is 11.6. The molecule has 1 unspecified atom stereocenters. The highest BCUT2D eigenvalue weighted by molar-refractivity contribution is 5.88. The lowest BCUT2D eigenvalue weighted by molar-refractivity contribution is 0.0526. The molecule has 0 saturated heterocycles. The molecular weight excluding hydrogens is 268 g/mol. The molecule has 0 spiro atoms. The second-order valence-electron chi connectivity index (χ2n) is 5.05. The van der Waals surface area contributed by atoms with Crippen LogP contribution in [0.25, 0.3) is 0 Å². The Morgan fingerprint density at radius 3 is 3.14 bits per heavy atom. The summed E-state index contributed by atoms with van der Waals surface area (Å²) in [6.45, 7) is 4.93. The summed E-state index contributed by atoms with van der Waals surface area (Å²) in [6, 6.07) is 0.412. The van der Waals surface area contributed by atoms with Crippen molar-refractivity contribution in [1.82, 2.24) is 20.0 Å². The molecule has 2 rings (SSSR count). The smallest absolute Gasteiger partial charge is 0.341 e. The fourth-order valence-electron chi connectivity index (χ4n) is 2.11. The third-order valence-electron chi connectivity index (χ3n) is 3.52. The summed E-state index contributed by atoms with van der Waals surface area (Å²) in [6.07, 6.45) is 10.2. The monoisotopic (exact) mass is 290 g/mol. The highest BCUT2D eigenvalue weighted by Crippen LogP contribution is 2.14. The summed E-state index contributed by atoms with van der Waals surface area (Å²) in [5.41, 5.74) is 1.58. The summed E-state index contributed by atoms with van der Waals surface area (Å²) in [7, 11) is 2.06. The molecular formula is C15H22N4O2. The molecule has 1 aromatic heterocycles. The number of nitrogens with zero attached hydrogens (tertiary/aromatic N) is 3. The molecule has 0 saturated carbocycles. The second kappa shape index (κ2) is 6.97. The van der Waals surface area contributed by atoms with Gasteiger partial charge in [-0.2, -0.15) is 5.10 Å². The lowest BCUT2D eigenvalue weighted by Gasteiger charge is -2.29. The first kappa shape index (κ1) is 15.2. The van der Waals surface area contributed by atoms with Crippen molar-refractivity contribution in [1.29, 1.82) is 0 Å². The van der Waals surface area contributed by atoms with Gasteiger partial charge in [0.05, 0.1) is 30.6 Å². The van der Waals surface area contributed by atoms with E-state index in [0.717, 1.165) is 12.1 Å². The molecule has 1 atom stereocenters. The van der Waals surface area contributed by atoms with Gasteiger partial charge in [0.15, 0.2) is 0 Å². The predicted molar refractivity (Wildman–Crippen MR) is 80.4 cm³/mol. The number of hydrogen-bond acceptors (Lipinski definition) is 5. The molecule has 1 N–H and O–H groups in total. The Hall–Kier alpha value is -2.24. The lowest BCUT2D eigenvalue weighted by Crippen LogP contribution is -2.32. The number of ether oxygens (including phenoxy) is 1. The van der Waals surface area contributed by atoms with E-state index in [0.29, 0.717) is 24.8 Å².